The number of morpholine rings is 1. The Kier molecular flexibility index (Phi) is 9.68. The number of benzene rings is 2. The van der Waals surface area contributed by atoms with E-state index in [4.69, 9.17) is 9.47 Å². The Bertz CT molecular complexity index is 1850. The molecule has 2 aromatic heterocycles. The molecule has 242 valence electrons. The van der Waals surface area contributed by atoms with Crippen LogP contribution in [0.4, 0.5) is 5.69 Å². The number of pyridine rings is 1. The largest absolute Gasteiger partial charge is 0.455 e. The number of aromatic nitrogens is 2. The number of nitro benzene ring substituents is 1. The number of H-pyrrole nitrogens is 1. The van der Waals surface area contributed by atoms with Gasteiger partial charge in [0.2, 0.25) is 0 Å². The number of carbonyl (C=O) groups excluding carboxylic acids is 1. The second kappa shape index (κ2) is 13.9. The minimum absolute atomic E-state index is 0.0459. The molecule has 1 saturated heterocycles. The Morgan fingerprint density at radius 1 is 1.11 bits per heavy atom. The molecule has 0 bridgehead atoms. The first kappa shape index (κ1) is 32.1. The summed E-state index contributed by atoms with van der Waals surface area (Å²) in [4.78, 5) is 34.1. The van der Waals surface area contributed by atoms with Crippen LogP contribution >= 0.6 is 15.9 Å². The van der Waals surface area contributed by atoms with Crippen molar-refractivity contribution in [3.63, 3.8) is 0 Å². The third-order valence-electron chi connectivity index (χ3n) is 8.78. The SMILES string of the molecule is O=C(NS(=O)(=O)c1ccc(CCC2CCC(N3CCOCC3)CC2)c([N+](=O)[O-])c1)c1ccc(Br)cc1Oc1cnc2[nH]ccc2c1. The number of fused-ring (bicyclic) bond motifs is 1. The van der Waals surface area contributed by atoms with Gasteiger partial charge in [-0.2, -0.15) is 0 Å². The molecule has 1 aliphatic heterocycles. The highest BCUT2D eigenvalue weighted by molar-refractivity contribution is 9.10. The zero-order chi connectivity index (χ0) is 32.3. The lowest BCUT2D eigenvalue weighted by Crippen LogP contribution is -2.45. The number of sulfonamides is 1. The summed E-state index contributed by atoms with van der Waals surface area (Å²) in [5.74, 6) is -0.0437. The number of ether oxygens (including phenoxy) is 2. The minimum atomic E-state index is -4.46. The molecule has 1 saturated carbocycles. The molecule has 2 aliphatic rings. The maximum Gasteiger partial charge on any atom is 0.273 e. The van der Waals surface area contributed by atoms with Crippen LogP contribution in [-0.2, 0) is 21.2 Å². The van der Waals surface area contributed by atoms with Gasteiger partial charge in [0.05, 0.1) is 34.8 Å². The monoisotopic (exact) mass is 711 g/mol. The maximum atomic E-state index is 13.3. The van der Waals surface area contributed by atoms with Crippen molar-refractivity contribution in [2.75, 3.05) is 26.3 Å². The van der Waals surface area contributed by atoms with Gasteiger partial charge in [0.15, 0.2) is 0 Å². The van der Waals surface area contributed by atoms with Crippen molar-refractivity contribution in [3.8, 4) is 11.5 Å². The average molecular weight is 713 g/mol. The van der Waals surface area contributed by atoms with E-state index in [0.717, 1.165) is 69.9 Å². The van der Waals surface area contributed by atoms with Crippen LogP contribution in [0.25, 0.3) is 11.0 Å². The van der Waals surface area contributed by atoms with Crippen molar-refractivity contribution in [1.82, 2.24) is 19.6 Å². The van der Waals surface area contributed by atoms with E-state index in [2.05, 4.69) is 30.8 Å². The predicted octanol–water partition coefficient (Wildman–Crippen LogP) is 5.97. The van der Waals surface area contributed by atoms with Crippen LogP contribution in [0.3, 0.4) is 0 Å². The van der Waals surface area contributed by atoms with Gasteiger partial charge in [-0.15, -0.1) is 0 Å². The first-order chi connectivity index (χ1) is 22.2. The number of nitrogens with zero attached hydrogens (tertiary/aromatic N) is 3. The highest BCUT2D eigenvalue weighted by Gasteiger charge is 2.29. The molecule has 12 nitrogen and oxygen atoms in total. The summed E-state index contributed by atoms with van der Waals surface area (Å²) >= 11 is 3.36. The molecule has 14 heteroatoms. The highest BCUT2D eigenvalue weighted by atomic mass is 79.9. The van der Waals surface area contributed by atoms with Crippen LogP contribution in [0.2, 0.25) is 0 Å². The molecule has 2 aromatic carbocycles. The lowest BCUT2D eigenvalue weighted by Gasteiger charge is -2.38. The molecule has 46 heavy (non-hydrogen) atoms. The van der Waals surface area contributed by atoms with E-state index < -0.39 is 20.9 Å². The Labute approximate surface area is 274 Å². The van der Waals surface area contributed by atoms with Crippen molar-refractivity contribution < 1.29 is 27.6 Å². The standard InChI is InChI=1S/C32H34BrN5O7S/c33-24-6-10-28(30(18-24)45-26-17-23-11-12-34-31(23)35-20-26)32(39)36-46(42,43)27-9-5-22(29(19-27)38(40)41)4-1-21-2-7-25(8-3-21)37-13-15-44-16-14-37/h5-6,9-12,17-21,25H,1-4,7-8,13-16H2,(H,34,35)(H,36,39). The number of hydrogen-bond donors (Lipinski definition) is 2. The second-order valence-corrected chi connectivity index (χ2v) is 14.3. The molecule has 6 rings (SSSR count). The zero-order valence-corrected chi connectivity index (χ0v) is 27.4. The Morgan fingerprint density at radius 3 is 2.65 bits per heavy atom. The topological polar surface area (TPSA) is 157 Å². The normalized spacial score (nSPS) is 19.2. The van der Waals surface area contributed by atoms with Gasteiger partial charge in [0, 0.05) is 46.8 Å². The van der Waals surface area contributed by atoms with E-state index >= 15 is 0 Å². The van der Waals surface area contributed by atoms with Gasteiger partial charge in [-0.05, 0) is 80.8 Å². The van der Waals surface area contributed by atoms with Crippen LogP contribution in [0, 0.1) is 16.0 Å². The lowest BCUT2D eigenvalue weighted by molar-refractivity contribution is -0.385. The van der Waals surface area contributed by atoms with Crippen molar-refractivity contribution in [3.05, 3.63) is 86.6 Å². The molecule has 0 spiro atoms. The molecule has 0 radical (unpaired) electrons. The number of rotatable bonds is 10. The molecule has 1 aliphatic carbocycles. The van der Waals surface area contributed by atoms with E-state index in [9.17, 15) is 23.3 Å². The fraction of sp³-hybridized carbons (Fsp3) is 0.375. The second-order valence-electron chi connectivity index (χ2n) is 11.7. The summed E-state index contributed by atoms with van der Waals surface area (Å²) in [5.41, 5.74) is 0.813. The molecule has 4 aromatic rings. The number of carbonyl (C=O) groups is 1. The van der Waals surface area contributed by atoms with Crippen molar-refractivity contribution in [2.24, 2.45) is 5.92 Å². The maximum absolute atomic E-state index is 13.3. The molecule has 3 heterocycles. The van der Waals surface area contributed by atoms with Gasteiger partial charge in [-0.25, -0.2) is 18.1 Å². The van der Waals surface area contributed by atoms with Gasteiger partial charge < -0.3 is 14.5 Å². The van der Waals surface area contributed by atoms with E-state index in [1.807, 2.05) is 10.8 Å². The Morgan fingerprint density at radius 2 is 1.89 bits per heavy atom. The van der Waals surface area contributed by atoms with Gasteiger partial charge in [-0.1, -0.05) is 22.0 Å². The number of aryl methyl sites for hydroxylation is 1. The molecule has 0 unspecified atom stereocenters. The summed E-state index contributed by atoms with van der Waals surface area (Å²) in [6.45, 7) is 3.50. The first-order valence-electron chi connectivity index (χ1n) is 15.2. The number of aromatic amines is 1. The fourth-order valence-electron chi connectivity index (χ4n) is 6.30. The summed E-state index contributed by atoms with van der Waals surface area (Å²) in [6.07, 6.45) is 8.81. The van der Waals surface area contributed by atoms with Crippen LogP contribution in [0.1, 0.15) is 48.0 Å². The molecular formula is C32H34BrN5O7S. The number of nitro groups is 1. The van der Waals surface area contributed by atoms with E-state index in [1.165, 1.54) is 30.5 Å². The number of halogens is 1. The van der Waals surface area contributed by atoms with Crippen LogP contribution in [0.15, 0.2) is 70.3 Å². The summed E-state index contributed by atoms with van der Waals surface area (Å²) in [7, 11) is -4.46. The lowest BCUT2D eigenvalue weighted by atomic mass is 9.82. The fourth-order valence-corrected chi connectivity index (χ4v) is 7.63. The molecular weight excluding hydrogens is 678 g/mol. The molecule has 1 amide bonds. The van der Waals surface area contributed by atoms with Crippen molar-refractivity contribution >= 4 is 48.6 Å². The Hall–Kier alpha value is -3.85. The molecule has 0 atom stereocenters. The Balaban J connectivity index is 1.12. The number of amides is 1. The highest BCUT2D eigenvalue weighted by Crippen LogP contribution is 2.34. The summed E-state index contributed by atoms with van der Waals surface area (Å²) in [5, 5.41) is 12.8. The first-order valence-corrected chi connectivity index (χ1v) is 17.5. The van der Waals surface area contributed by atoms with Gasteiger partial charge in [-0.3, -0.25) is 19.8 Å². The van der Waals surface area contributed by atoms with Crippen LogP contribution in [-0.4, -0.2) is 66.5 Å². The third kappa shape index (κ3) is 7.41. The molecule has 2 N–H and O–H groups in total. The number of hydrogen-bond acceptors (Lipinski definition) is 9. The van der Waals surface area contributed by atoms with E-state index in [1.54, 1.807) is 18.3 Å². The smallest absolute Gasteiger partial charge is 0.273 e. The van der Waals surface area contributed by atoms with Crippen molar-refractivity contribution in [2.45, 2.75) is 49.5 Å². The molecule has 2 fully saturated rings. The predicted molar refractivity (Wildman–Crippen MR) is 175 cm³/mol. The van der Waals surface area contributed by atoms with Gasteiger partial charge in [0.25, 0.3) is 21.6 Å². The van der Waals surface area contributed by atoms with Crippen LogP contribution < -0.4 is 9.46 Å². The minimum Gasteiger partial charge on any atom is -0.455 e. The summed E-state index contributed by atoms with van der Waals surface area (Å²) in [6, 6.07) is 12.5. The zero-order valence-electron chi connectivity index (χ0n) is 25.0. The quantitative estimate of drug-likeness (QED) is 0.149. The van der Waals surface area contributed by atoms with E-state index in [-0.39, 0.29) is 21.9 Å². The average Bonchev–Trinajstić information content (AvgIpc) is 3.52. The van der Waals surface area contributed by atoms with Gasteiger partial charge >= 0.3 is 0 Å². The van der Waals surface area contributed by atoms with Crippen molar-refractivity contribution in [1.29, 1.82) is 0 Å². The van der Waals surface area contributed by atoms with E-state index in [0.29, 0.717) is 39.8 Å². The van der Waals surface area contributed by atoms with Crippen LogP contribution in [0.5, 0.6) is 11.5 Å². The van der Waals surface area contributed by atoms with Gasteiger partial charge in [0.1, 0.15) is 17.1 Å². The summed E-state index contributed by atoms with van der Waals surface area (Å²) < 4.78 is 40.6. The number of nitrogens with one attached hydrogen (secondary N) is 2. The third-order valence-corrected chi connectivity index (χ3v) is 10.6.